The van der Waals surface area contributed by atoms with E-state index in [4.69, 9.17) is 9.47 Å². The Morgan fingerprint density at radius 3 is 2.37 bits per heavy atom. The lowest BCUT2D eigenvalue weighted by Crippen LogP contribution is -2.00. The van der Waals surface area contributed by atoms with Gasteiger partial charge in [0, 0.05) is 17.0 Å². The van der Waals surface area contributed by atoms with Crippen molar-refractivity contribution in [3.05, 3.63) is 83.9 Å². The lowest BCUT2D eigenvalue weighted by Gasteiger charge is -2.12. The minimum atomic E-state index is 0.659. The summed E-state index contributed by atoms with van der Waals surface area (Å²) in [5.74, 6) is 2.92. The molecule has 3 aromatic carbocycles. The molecule has 0 spiro atoms. The number of para-hydroxylation sites is 1. The number of benzene rings is 3. The van der Waals surface area contributed by atoms with Gasteiger partial charge in [-0.15, -0.1) is 10.2 Å². The van der Waals surface area contributed by atoms with Gasteiger partial charge in [-0.2, -0.15) is 0 Å². The van der Waals surface area contributed by atoms with Crippen LogP contribution in [0.4, 0.5) is 0 Å². The monoisotopic (exact) mass is 417 g/mol. The molecule has 0 bridgehead atoms. The van der Waals surface area contributed by atoms with Crippen molar-refractivity contribution >= 4 is 11.8 Å². The Labute approximate surface area is 180 Å². The summed E-state index contributed by atoms with van der Waals surface area (Å²) in [5.41, 5.74) is 4.43. The number of methoxy groups -OCH3 is 2. The normalized spacial score (nSPS) is 10.8. The van der Waals surface area contributed by atoms with Gasteiger partial charge in [-0.1, -0.05) is 59.8 Å². The molecule has 0 aliphatic heterocycles. The van der Waals surface area contributed by atoms with Crippen molar-refractivity contribution in [2.24, 2.45) is 0 Å². The van der Waals surface area contributed by atoms with Crippen molar-refractivity contribution in [2.75, 3.05) is 14.2 Å². The molecule has 0 radical (unpaired) electrons. The number of aryl methyl sites for hydroxylation is 1. The third kappa shape index (κ3) is 4.19. The molecule has 1 aromatic heterocycles. The summed E-state index contributed by atoms with van der Waals surface area (Å²) in [5, 5.41) is 9.87. The van der Waals surface area contributed by atoms with E-state index in [0.29, 0.717) is 11.5 Å². The second-order valence-electron chi connectivity index (χ2n) is 6.82. The van der Waals surface area contributed by atoms with E-state index in [2.05, 4.69) is 58.1 Å². The van der Waals surface area contributed by atoms with Crippen LogP contribution in [-0.4, -0.2) is 29.0 Å². The van der Waals surface area contributed by atoms with Gasteiger partial charge >= 0.3 is 0 Å². The summed E-state index contributed by atoms with van der Waals surface area (Å²) in [7, 11) is 3.26. The lowest BCUT2D eigenvalue weighted by molar-refractivity contribution is 0.355. The van der Waals surface area contributed by atoms with E-state index in [1.807, 2.05) is 36.4 Å². The molecule has 0 unspecified atom stereocenters. The third-order valence-electron chi connectivity index (χ3n) is 4.74. The van der Waals surface area contributed by atoms with E-state index in [1.165, 1.54) is 11.1 Å². The Hall–Kier alpha value is -3.25. The van der Waals surface area contributed by atoms with Crippen molar-refractivity contribution in [2.45, 2.75) is 17.8 Å². The maximum atomic E-state index is 5.48. The topological polar surface area (TPSA) is 49.2 Å². The average molecular weight is 418 g/mol. The zero-order valence-electron chi connectivity index (χ0n) is 17.2. The van der Waals surface area contributed by atoms with Crippen molar-refractivity contribution in [1.82, 2.24) is 14.8 Å². The van der Waals surface area contributed by atoms with Crippen LogP contribution < -0.4 is 9.47 Å². The smallest absolute Gasteiger partial charge is 0.196 e. The number of aromatic nitrogens is 3. The Kier molecular flexibility index (Phi) is 6.05. The van der Waals surface area contributed by atoms with Crippen molar-refractivity contribution in [3.63, 3.8) is 0 Å². The Balaban J connectivity index is 1.74. The summed E-state index contributed by atoms with van der Waals surface area (Å²) in [6, 6.07) is 24.5. The maximum Gasteiger partial charge on any atom is 0.196 e. The molecule has 4 rings (SSSR count). The summed E-state index contributed by atoms with van der Waals surface area (Å²) < 4.78 is 12.9. The predicted molar refractivity (Wildman–Crippen MR) is 121 cm³/mol. The van der Waals surface area contributed by atoms with Crippen molar-refractivity contribution < 1.29 is 9.47 Å². The lowest BCUT2D eigenvalue weighted by atomic mass is 10.2. The van der Waals surface area contributed by atoms with Crippen LogP contribution in [0.3, 0.4) is 0 Å². The Bertz CT molecular complexity index is 1140. The van der Waals surface area contributed by atoms with Crippen LogP contribution in [0.2, 0.25) is 0 Å². The molecular formula is C24H23N3O2S. The summed E-state index contributed by atoms with van der Waals surface area (Å²) in [6.07, 6.45) is 0. The van der Waals surface area contributed by atoms with Gasteiger partial charge in [0.2, 0.25) is 0 Å². The highest BCUT2D eigenvalue weighted by atomic mass is 32.2. The first-order valence-corrected chi connectivity index (χ1v) is 10.6. The van der Waals surface area contributed by atoms with Crippen LogP contribution in [0, 0.1) is 6.92 Å². The van der Waals surface area contributed by atoms with E-state index in [0.717, 1.165) is 28.0 Å². The van der Waals surface area contributed by atoms with Gasteiger partial charge in [0.05, 0.1) is 14.2 Å². The van der Waals surface area contributed by atoms with Crippen LogP contribution in [0.25, 0.3) is 17.1 Å². The van der Waals surface area contributed by atoms with Crippen LogP contribution in [0.15, 0.2) is 78.0 Å². The number of ether oxygens (including phenoxy) is 2. The fraction of sp³-hybridized carbons (Fsp3) is 0.167. The predicted octanol–water partition coefficient (Wildman–Crippen LogP) is 5.55. The highest BCUT2D eigenvalue weighted by molar-refractivity contribution is 7.98. The van der Waals surface area contributed by atoms with E-state index in [1.54, 1.807) is 26.0 Å². The zero-order valence-corrected chi connectivity index (χ0v) is 18.0. The molecule has 0 atom stereocenters. The standard InChI is InChI=1S/C24H23N3O2S/c1-17-8-7-9-18(14-17)16-30-24-26-25-23(27(24)20-10-5-4-6-11-20)19-12-13-21(28-2)22(15-19)29-3/h4-15H,16H2,1-3H3. The van der Waals surface area contributed by atoms with Gasteiger partial charge < -0.3 is 9.47 Å². The second-order valence-corrected chi connectivity index (χ2v) is 7.77. The molecule has 152 valence electrons. The molecular weight excluding hydrogens is 394 g/mol. The van der Waals surface area contributed by atoms with Crippen LogP contribution in [-0.2, 0) is 5.75 Å². The molecule has 4 aromatic rings. The quantitative estimate of drug-likeness (QED) is 0.369. The van der Waals surface area contributed by atoms with Gasteiger partial charge in [-0.25, -0.2) is 0 Å². The largest absolute Gasteiger partial charge is 0.493 e. The molecule has 0 N–H and O–H groups in total. The first-order chi connectivity index (χ1) is 14.7. The second kappa shape index (κ2) is 9.05. The van der Waals surface area contributed by atoms with E-state index in [9.17, 15) is 0 Å². The summed E-state index contributed by atoms with van der Waals surface area (Å²) >= 11 is 1.67. The maximum absolute atomic E-state index is 5.48. The Morgan fingerprint density at radius 2 is 1.63 bits per heavy atom. The van der Waals surface area contributed by atoms with Crippen LogP contribution >= 0.6 is 11.8 Å². The van der Waals surface area contributed by atoms with Crippen LogP contribution in [0.1, 0.15) is 11.1 Å². The van der Waals surface area contributed by atoms with E-state index < -0.39 is 0 Å². The van der Waals surface area contributed by atoms with Gasteiger partial charge in [0.15, 0.2) is 22.5 Å². The molecule has 0 aliphatic carbocycles. The van der Waals surface area contributed by atoms with E-state index in [-0.39, 0.29) is 0 Å². The van der Waals surface area contributed by atoms with Crippen LogP contribution in [0.5, 0.6) is 11.5 Å². The molecule has 0 saturated carbocycles. The van der Waals surface area contributed by atoms with Crippen molar-refractivity contribution in [3.8, 4) is 28.6 Å². The molecule has 6 heteroatoms. The number of thioether (sulfide) groups is 1. The minimum Gasteiger partial charge on any atom is -0.493 e. The fourth-order valence-corrected chi connectivity index (χ4v) is 4.18. The summed E-state index contributed by atoms with van der Waals surface area (Å²) in [4.78, 5) is 0. The average Bonchev–Trinajstić information content (AvgIpc) is 3.22. The summed E-state index contributed by atoms with van der Waals surface area (Å²) in [6.45, 7) is 2.11. The van der Waals surface area contributed by atoms with Gasteiger partial charge in [0.1, 0.15) is 0 Å². The SMILES string of the molecule is COc1ccc(-c2nnc(SCc3cccc(C)c3)n2-c2ccccc2)cc1OC. The number of rotatable bonds is 7. The molecule has 5 nitrogen and oxygen atoms in total. The van der Waals surface area contributed by atoms with Gasteiger partial charge in [-0.05, 0) is 42.8 Å². The molecule has 0 amide bonds. The van der Waals surface area contributed by atoms with E-state index >= 15 is 0 Å². The van der Waals surface area contributed by atoms with Gasteiger partial charge in [-0.3, -0.25) is 4.57 Å². The molecule has 1 heterocycles. The number of hydrogen-bond donors (Lipinski definition) is 0. The fourth-order valence-electron chi connectivity index (χ4n) is 3.29. The highest BCUT2D eigenvalue weighted by Gasteiger charge is 2.18. The molecule has 30 heavy (non-hydrogen) atoms. The zero-order chi connectivity index (χ0) is 20.9. The first-order valence-electron chi connectivity index (χ1n) is 9.61. The molecule has 0 fully saturated rings. The van der Waals surface area contributed by atoms with Gasteiger partial charge in [0.25, 0.3) is 0 Å². The minimum absolute atomic E-state index is 0.659. The Morgan fingerprint density at radius 1 is 0.833 bits per heavy atom. The highest BCUT2D eigenvalue weighted by Crippen LogP contribution is 2.34. The number of hydrogen-bond acceptors (Lipinski definition) is 5. The number of nitrogens with zero attached hydrogens (tertiary/aromatic N) is 3. The molecule has 0 saturated heterocycles. The molecule has 0 aliphatic rings. The van der Waals surface area contributed by atoms with Crippen molar-refractivity contribution in [1.29, 1.82) is 0 Å². The first kappa shape index (κ1) is 20.0. The third-order valence-corrected chi connectivity index (χ3v) is 5.74.